The van der Waals surface area contributed by atoms with Gasteiger partial charge in [0.1, 0.15) is 6.04 Å². The van der Waals surface area contributed by atoms with Gasteiger partial charge in [0.2, 0.25) is 0 Å². The molecule has 1 atom stereocenters. The number of imide groups is 1. The number of methoxy groups -OCH3 is 1. The van der Waals surface area contributed by atoms with Crippen molar-refractivity contribution in [3.05, 3.63) is 27.6 Å². The highest BCUT2D eigenvalue weighted by Crippen LogP contribution is 2.39. The van der Waals surface area contributed by atoms with Gasteiger partial charge in [0.15, 0.2) is 11.5 Å². The average Bonchev–Trinajstić information content (AvgIpc) is 2.89. The second-order valence-corrected chi connectivity index (χ2v) is 7.58. The molecule has 1 saturated heterocycles. The first kappa shape index (κ1) is 22.1. The predicted molar refractivity (Wildman–Crippen MR) is 108 cm³/mol. The second-order valence-electron chi connectivity index (χ2n) is 6.18. The summed E-state index contributed by atoms with van der Waals surface area (Å²) >= 11 is 7.05. The molecule has 0 saturated carbocycles. The molecule has 1 fully saturated rings. The number of nitrogens with zero attached hydrogens (tertiary/aromatic N) is 1. The topological polar surface area (TPSA) is 82.1 Å². The maximum absolute atomic E-state index is 12.6. The molecule has 1 heterocycles. The minimum atomic E-state index is -1.00. The first-order chi connectivity index (χ1) is 13.2. The SMILES string of the molecule is CCOC(=O)C(C)N1C(=O)S/C(=C/c2cc(Cl)c(OC(C)C)c(OC)c2)C1=O. The van der Waals surface area contributed by atoms with E-state index in [1.165, 1.54) is 20.1 Å². The van der Waals surface area contributed by atoms with Crippen LogP contribution in [0.4, 0.5) is 4.79 Å². The summed E-state index contributed by atoms with van der Waals surface area (Å²) in [6.07, 6.45) is 1.43. The lowest BCUT2D eigenvalue weighted by molar-refractivity contribution is -0.150. The van der Waals surface area contributed by atoms with E-state index < -0.39 is 23.2 Å². The highest BCUT2D eigenvalue weighted by Gasteiger charge is 2.41. The summed E-state index contributed by atoms with van der Waals surface area (Å²) in [4.78, 5) is 37.9. The lowest BCUT2D eigenvalue weighted by Gasteiger charge is -2.19. The Morgan fingerprint density at radius 2 is 1.96 bits per heavy atom. The molecule has 2 rings (SSSR count). The summed E-state index contributed by atoms with van der Waals surface area (Å²) in [5.41, 5.74) is 0.562. The summed E-state index contributed by atoms with van der Waals surface area (Å²) < 4.78 is 15.9. The van der Waals surface area contributed by atoms with E-state index in [1.807, 2.05) is 13.8 Å². The summed E-state index contributed by atoms with van der Waals surface area (Å²) in [5, 5.41) is -0.215. The zero-order valence-electron chi connectivity index (χ0n) is 16.3. The van der Waals surface area contributed by atoms with Crippen molar-refractivity contribution in [1.82, 2.24) is 4.90 Å². The van der Waals surface area contributed by atoms with Gasteiger partial charge in [-0.15, -0.1) is 0 Å². The van der Waals surface area contributed by atoms with Crippen molar-refractivity contribution in [2.75, 3.05) is 13.7 Å². The fraction of sp³-hybridized carbons (Fsp3) is 0.421. The van der Waals surface area contributed by atoms with Gasteiger partial charge >= 0.3 is 5.97 Å². The molecule has 1 unspecified atom stereocenters. The molecule has 28 heavy (non-hydrogen) atoms. The van der Waals surface area contributed by atoms with Gasteiger partial charge in [0.25, 0.3) is 11.1 Å². The first-order valence-electron chi connectivity index (χ1n) is 8.67. The quantitative estimate of drug-likeness (QED) is 0.478. The largest absolute Gasteiger partial charge is 0.493 e. The van der Waals surface area contributed by atoms with Crippen molar-refractivity contribution in [3.63, 3.8) is 0 Å². The van der Waals surface area contributed by atoms with Gasteiger partial charge in [-0.2, -0.15) is 0 Å². The molecule has 1 aliphatic rings. The molecular weight excluding hydrogens is 406 g/mol. The Morgan fingerprint density at radius 1 is 1.29 bits per heavy atom. The van der Waals surface area contributed by atoms with Crippen LogP contribution >= 0.6 is 23.4 Å². The number of halogens is 1. The Hall–Kier alpha value is -2.19. The van der Waals surface area contributed by atoms with E-state index >= 15 is 0 Å². The van der Waals surface area contributed by atoms with Crippen LogP contribution in [-0.4, -0.2) is 47.9 Å². The normalized spacial score (nSPS) is 16.7. The fourth-order valence-electron chi connectivity index (χ4n) is 2.51. The maximum Gasteiger partial charge on any atom is 0.329 e. The van der Waals surface area contributed by atoms with Crippen molar-refractivity contribution in [1.29, 1.82) is 0 Å². The number of rotatable bonds is 7. The zero-order valence-corrected chi connectivity index (χ0v) is 17.8. The number of carbonyl (C=O) groups excluding carboxylic acids is 3. The Kier molecular flexibility index (Phi) is 7.37. The zero-order chi connectivity index (χ0) is 21.0. The van der Waals surface area contributed by atoms with Crippen LogP contribution in [-0.2, 0) is 14.3 Å². The Bertz CT molecular complexity index is 823. The molecule has 0 aromatic heterocycles. The van der Waals surface area contributed by atoms with E-state index in [1.54, 1.807) is 19.1 Å². The molecule has 152 valence electrons. The number of ether oxygens (including phenoxy) is 3. The molecule has 1 aromatic rings. The molecule has 0 N–H and O–H groups in total. The number of esters is 1. The summed E-state index contributed by atoms with van der Waals surface area (Å²) in [7, 11) is 1.48. The molecule has 1 aliphatic heterocycles. The Labute approximate surface area is 172 Å². The van der Waals surface area contributed by atoms with Crippen LogP contribution in [0.3, 0.4) is 0 Å². The van der Waals surface area contributed by atoms with Crippen LogP contribution in [0.5, 0.6) is 11.5 Å². The minimum Gasteiger partial charge on any atom is -0.493 e. The van der Waals surface area contributed by atoms with Crippen LogP contribution in [0, 0.1) is 0 Å². The Morgan fingerprint density at radius 3 is 2.54 bits per heavy atom. The van der Waals surface area contributed by atoms with E-state index in [9.17, 15) is 14.4 Å². The van der Waals surface area contributed by atoms with Gasteiger partial charge in [-0.3, -0.25) is 14.5 Å². The number of hydrogen-bond donors (Lipinski definition) is 0. The Balaban J connectivity index is 2.33. The fourth-order valence-corrected chi connectivity index (χ4v) is 3.68. The summed E-state index contributed by atoms with van der Waals surface area (Å²) in [6, 6.07) is 2.27. The van der Waals surface area contributed by atoms with Crippen molar-refractivity contribution in [2.24, 2.45) is 0 Å². The molecule has 9 heteroatoms. The first-order valence-corrected chi connectivity index (χ1v) is 9.86. The van der Waals surface area contributed by atoms with Gasteiger partial charge < -0.3 is 14.2 Å². The molecule has 0 spiro atoms. The second kappa shape index (κ2) is 9.34. The van der Waals surface area contributed by atoms with E-state index in [0.29, 0.717) is 22.1 Å². The van der Waals surface area contributed by atoms with Gasteiger partial charge in [-0.1, -0.05) is 11.6 Å². The third kappa shape index (κ3) is 4.80. The summed E-state index contributed by atoms with van der Waals surface area (Å²) in [6.45, 7) is 7.00. The molecule has 1 aromatic carbocycles. The number of amides is 2. The van der Waals surface area contributed by atoms with Gasteiger partial charge in [0.05, 0.1) is 29.7 Å². The third-order valence-electron chi connectivity index (χ3n) is 3.74. The molecule has 0 aliphatic carbocycles. The standard InChI is InChI=1S/C19H22ClNO6S/c1-6-26-18(23)11(4)21-17(22)15(28-19(21)24)9-12-7-13(20)16(27-10(2)3)14(8-12)25-5/h7-11H,6H2,1-5H3/b15-9+. The van der Waals surface area contributed by atoms with Crippen LogP contribution in [0.15, 0.2) is 17.0 Å². The van der Waals surface area contributed by atoms with E-state index in [4.69, 9.17) is 25.8 Å². The molecular formula is C19H22ClNO6S. The van der Waals surface area contributed by atoms with Crippen LogP contribution in [0.25, 0.3) is 6.08 Å². The van der Waals surface area contributed by atoms with Crippen LogP contribution in [0.2, 0.25) is 5.02 Å². The monoisotopic (exact) mass is 427 g/mol. The van der Waals surface area contributed by atoms with Crippen molar-refractivity contribution >= 4 is 46.6 Å². The predicted octanol–water partition coefficient (Wildman–Crippen LogP) is 4.12. The lowest BCUT2D eigenvalue weighted by atomic mass is 10.1. The van der Waals surface area contributed by atoms with Crippen molar-refractivity contribution < 1.29 is 28.6 Å². The lowest BCUT2D eigenvalue weighted by Crippen LogP contribution is -2.42. The van der Waals surface area contributed by atoms with E-state index in [2.05, 4.69) is 0 Å². The smallest absolute Gasteiger partial charge is 0.329 e. The number of benzene rings is 1. The van der Waals surface area contributed by atoms with Gasteiger partial charge in [-0.25, -0.2) is 4.79 Å². The van der Waals surface area contributed by atoms with Crippen molar-refractivity contribution in [2.45, 2.75) is 39.8 Å². The minimum absolute atomic E-state index is 0.0990. The maximum atomic E-state index is 12.6. The van der Waals surface area contributed by atoms with Gasteiger partial charge in [0, 0.05) is 0 Å². The van der Waals surface area contributed by atoms with Gasteiger partial charge in [-0.05, 0) is 63.2 Å². The highest BCUT2D eigenvalue weighted by molar-refractivity contribution is 8.18. The molecule has 0 radical (unpaired) electrons. The van der Waals surface area contributed by atoms with Crippen molar-refractivity contribution in [3.8, 4) is 11.5 Å². The highest BCUT2D eigenvalue weighted by atomic mass is 35.5. The van der Waals surface area contributed by atoms with Crippen LogP contribution < -0.4 is 9.47 Å². The molecule has 7 nitrogen and oxygen atoms in total. The average molecular weight is 428 g/mol. The van der Waals surface area contributed by atoms with E-state index in [-0.39, 0.29) is 17.6 Å². The third-order valence-corrected chi connectivity index (χ3v) is 4.91. The molecule has 0 bridgehead atoms. The number of hydrogen-bond acceptors (Lipinski definition) is 7. The number of carbonyl (C=O) groups is 3. The van der Waals surface area contributed by atoms with Crippen LogP contribution in [0.1, 0.15) is 33.3 Å². The number of thioether (sulfide) groups is 1. The summed E-state index contributed by atoms with van der Waals surface area (Å²) in [5.74, 6) is -0.383. The molecule has 2 amide bonds. The van der Waals surface area contributed by atoms with E-state index in [0.717, 1.165) is 16.7 Å².